The van der Waals surface area contributed by atoms with E-state index in [0.29, 0.717) is 5.13 Å². The fourth-order valence-electron chi connectivity index (χ4n) is 2.73. The van der Waals surface area contributed by atoms with Gasteiger partial charge >= 0.3 is 0 Å². The molecule has 1 saturated heterocycles. The number of likely N-dealkylation sites (tertiary alicyclic amines) is 1. The number of carbonyl (C=O) groups excluding carboxylic acids is 1. The summed E-state index contributed by atoms with van der Waals surface area (Å²) in [6.45, 7) is 3.80. The normalized spacial score (nSPS) is 18.8. The quantitative estimate of drug-likeness (QED) is 0.944. The van der Waals surface area contributed by atoms with Crippen molar-refractivity contribution in [1.82, 2.24) is 9.88 Å². The minimum absolute atomic E-state index is 0.0468. The summed E-state index contributed by atoms with van der Waals surface area (Å²) in [5.41, 5.74) is 1.25. The smallest absolute Gasteiger partial charge is 0.243 e. The molecule has 110 valence electrons. The van der Waals surface area contributed by atoms with Crippen LogP contribution in [0.25, 0.3) is 0 Å². The van der Waals surface area contributed by atoms with E-state index in [4.69, 9.17) is 0 Å². The highest BCUT2D eigenvalue weighted by Gasteiger charge is 2.30. The van der Waals surface area contributed by atoms with Gasteiger partial charge in [0, 0.05) is 17.6 Å². The highest BCUT2D eigenvalue weighted by Crippen LogP contribution is 2.23. The molecule has 1 fully saturated rings. The summed E-state index contributed by atoms with van der Waals surface area (Å²) in [5, 5.41) is 3.65. The Hall–Kier alpha value is -1.72. The highest BCUT2D eigenvalue weighted by molar-refractivity contribution is 7.15. The Morgan fingerprint density at radius 2 is 2.24 bits per heavy atom. The monoisotopic (exact) mass is 301 g/mol. The summed E-state index contributed by atoms with van der Waals surface area (Å²) in [7, 11) is 0. The fraction of sp³-hybridized carbons (Fsp3) is 0.375. The van der Waals surface area contributed by atoms with Gasteiger partial charge in [-0.05, 0) is 31.9 Å². The number of rotatable bonds is 4. The molecule has 1 N–H and O–H groups in total. The van der Waals surface area contributed by atoms with Crippen molar-refractivity contribution in [3.05, 3.63) is 47.0 Å². The van der Waals surface area contributed by atoms with Crippen LogP contribution in [0.15, 0.2) is 36.5 Å². The Balaban J connectivity index is 1.64. The number of benzene rings is 1. The average molecular weight is 301 g/mol. The largest absolute Gasteiger partial charge is 0.301 e. The van der Waals surface area contributed by atoms with Crippen LogP contribution in [0, 0.1) is 6.92 Å². The molecule has 2 aromatic rings. The van der Waals surface area contributed by atoms with Crippen LogP contribution in [0.4, 0.5) is 5.13 Å². The van der Waals surface area contributed by atoms with Gasteiger partial charge in [-0.3, -0.25) is 9.69 Å². The van der Waals surface area contributed by atoms with Gasteiger partial charge in [0.05, 0.1) is 6.04 Å². The van der Waals surface area contributed by atoms with Crippen LogP contribution < -0.4 is 5.32 Å². The number of hydrogen-bond donors (Lipinski definition) is 1. The summed E-state index contributed by atoms with van der Waals surface area (Å²) in [6, 6.07) is 10.3. The Morgan fingerprint density at radius 3 is 2.95 bits per heavy atom. The van der Waals surface area contributed by atoms with Crippen LogP contribution >= 0.6 is 11.3 Å². The zero-order valence-electron chi connectivity index (χ0n) is 12.1. The number of carbonyl (C=O) groups is 1. The van der Waals surface area contributed by atoms with Crippen molar-refractivity contribution in [2.75, 3.05) is 11.9 Å². The molecule has 5 heteroatoms. The van der Waals surface area contributed by atoms with Gasteiger partial charge in [0.1, 0.15) is 0 Å². The van der Waals surface area contributed by atoms with Crippen LogP contribution in [-0.4, -0.2) is 28.4 Å². The SMILES string of the molecule is Cc1cnc(NC(=O)C2CCCN2Cc2ccccc2)s1. The van der Waals surface area contributed by atoms with Gasteiger partial charge in [0.2, 0.25) is 5.91 Å². The first-order valence-corrected chi connectivity index (χ1v) is 8.05. The van der Waals surface area contributed by atoms with Crippen molar-refractivity contribution in [3.8, 4) is 0 Å². The first-order valence-electron chi connectivity index (χ1n) is 7.23. The van der Waals surface area contributed by atoms with Crippen molar-refractivity contribution in [2.24, 2.45) is 0 Å². The van der Waals surface area contributed by atoms with Crippen molar-refractivity contribution in [3.63, 3.8) is 0 Å². The van der Waals surface area contributed by atoms with Gasteiger partial charge in [-0.2, -0.15) is 0 Å². The molecule has 3 rings (SSSR count). The number of nitrogens with one attached hydrogen (secondary N) is 1. The maximum Gasteiger partial charge on any atom is 0.243 e. The molecule has 1 atom stereocenters. The Morgan fingerprint density at radius 1 is 1.43 bits per heavy atom. The van der Waals surface area contributed by atoms with E-state index in [1.165, 1.54) is 16.9 Å². The molecule has 1 aliphatic rings. The number of thiazole rings is 1. The standard InChI is InChI=1S/C16H19N3OS/c1-12-10-17-16(21-12)18-15(20)14-8-5-9-19(14)11-13-6-3-2-4-7-13/h2-4,6-7,10,14H,5,8-9,11H2,1H3,(H,17,18,20). The number of anilines is 1. The van der Waals surface area contributed by atoms with Crippen LogP contribution in [0.2, 0.25) is 0 Å². The molecule has 1 amide bonds. The first-order chi connectivity index (χ1) is 10.2. The van der Waals surface area contributed by atoms with E-state index in [-0.39, 0.29) is 11.9 Å². The molecule has 0 spiro atoms. The molecule has 1 unspecified atom stereocenters. The zero-order valence-corrected chi connectivity index (χ0v) is 12.9. The third-order valence-electron chi connectivity index (χ3n) is 3.75. The molecular formula is C16H19N3OS. The molecule has 1 aromatic heterocycles. The zero-order chi connectivity index (χ0) is 14.7. The van der Waals surface area contributed by atoms with E-state index in [1.54, 1.807) is 6.20 Å². The molecule has 4 nitrogen and oxygen atoms in total. The fourth-order valence-corrected chi connectivity index (χ4v) is 3.40. The first kappa shape index (κ1) is 14.2. The third-order valence-corrected chi connectivity index (χ3v) is 4.57. The summed E-state index contributed by atoms with van der Waals surface area (Å²) in [6.07, 6.45) is 3.78. The lowest BCUT2D eigenvalue weighted by Gasteiger charge is -2.23. The molecule has 0 radical (unpaired) electrons. The maximum absolute atomic E-state index is 12.4. The topological polar surface area (TPSA) is 45.2 Å². The van der Waals surface area contributed by atoms with Gasteiger partial charge < -0.3 is 5.32 Å². The molecule has 2 heterocycles. The van der Waals surface area contributed by atoms with Crippen molar-refractivity contribution < 1.29 is 4.79 Å². The Bertz CT molecular complexity index is 611. The molecular weight excluding hydrogens is 282 g/mol. The third kappa shape index (κ3) is 3.49. The lowest BCUT2D eigenvalue weighted by Crippen LogP contribution is -2.39. The van der Waals surface area contributed by atoms with E-state index in [2.05, 4.69) is 27.3 Å². The Labute approximate surface area is 128 Å². The van der Waals surface area contributed by atoms with Gasteiger partial charge in [-0.25, -0.2) is 4.98 Å². The van der Waals surface area contributed by atoms with Gasteiger partial charge in [0.15, 0.2) is 5.13 Å². The minimum atomic E-state index is -0.0468. The van der Waals surface area contributed by atoms with Crippen LogP contribution in [-0.2, 0) is 11.3 Å². The van der Waals surface area contributed by atoms with E-state index in [1.807, 2.05) is 25.1 Å². The van der Waals surface area contributed by atoms with E-state index in [9.17, 15) is 4.79 Å². The summed E-state index contributed by atoms with van der Waals surface area (Å²) < 4.78 is 0. The lowest BCUT2D eigenvalue weighted by atomic mass is 10.1. The van der Waals surface area contributed by atoms with Gasteiger partial charge in [-0.1, -0.05) is 30.3 Å². The predicted octanol–water partition coefficient (Wildman–Crippen LogP) is 3.05. The lowest BCUT2D eigenvalue weighted by molar-refractivity contribution is -0.120. The Kier molecular flexibility index (Phi) is 4.31. The summed E-state index contributed by atoms with van der Waals surface area (Å²) >= 11 is 1.52. The van der Waals surface area contributed by atoms with Crippen molar-refractivity contribution in [1.29, 1.82) is 0 Å². The second kappa shape index (κ2) is 6.37. The molecule has 1 aromatic carbocycles. The van der Waals surface area contributed by atoms with Gasteiger partial charge in [0.25, 0.3) is 0 Å². The molecule has 0 saturated carbocycles. The van der Waals surface area contributed by atoms with E-state index in [0.717, 1.165) is 30.8 Å². The summed E-state index contributed by atoms with van der Waals surface area (Å²) in [4.78, 5) is 20.0. The van der Waals surface area contributed by atoms with Crippen LogP contribution in [0.3, 0.4) is 0 Å². The molecule has 0 bridgehead atoms. The van der Waals surface area contributed by atoms with Gasteiger partial charge in [-0.15, -0.1) is 11.3 Å². The summed E-state index contributed by atoms with van der Waals surface area (Å²) in [5.74, 6) is 0.0674. The second-order valence-electron chi connectivity index (χ2n) is 5.38. The number of aromatic nitrogens is 1. The molecule has 0 aliphatic carbocycles. The molecule has 21 heavy (non-hydrogen) atoms. The minimum Gasteiger partial charge on any atom is -0.301 e. The second-order valence-corrected chi connectivity index (χ2v) is 6.61. The van der Waals surface area contributed by atoms with Crippen LogP contribution in [0.5, 0.6) is 0 Å². The van der Waals surface area contributed by atoms with E-state index >= 15 is 0 Å². The highest BCUT2D eigenvalue weighted by atomic mass is 32.1. The number of amides is 1. The predicted molar refractivity (Wildman–Crippen MR) is 85.4 cm³/mol. The number of aryl methyl sites for hydroxylation is 1. The average Bonchev–Trinajstić information content (AvgIpc) is 3.09. The maximum atomic E-state index is 12.4. The number of nitrogens with zero attached hydrogens (tertiary/aromatic N) is 2. The van der Waals surface area contributed by atoms with Crippen molar-refractivity contribution in [2.45, 2.75) is 32.4 Å². The number of hydrogen-bond acceptors (Lipinski definition) is 4. The van der Waals surface area contributed by atoms with E-state index < -0.39 is 0 Å². The van der Waals surface area contributed by atoms with Crippen molar-refractivity contribution >= 4 is 22.4 Å². The molecule has 1 aliphatic heterocycles. The van der Waals surface area contributed by atoms with Crippen LogP contribution in [0.1, 0.15) is 23.3 Å².